The fourth-order valence-corrected chi connectivity index (χ4v) is 2.07. The van der Waals surface area contributed by atoms with Gasteiger partial charge in [0.05, 0.1) is 17.2 Å². The Morgan fingerprint density at radius 3 is 1.58 bits per heavy atom. The Kier molecular flexibility index (Phi) is 3.28. The maximum absolute atomic E-state index is 12.6. The van der Waals surface area contributed by atoms with Gasteiger partial charge in [0.25, 0.3) is 0 Å². The number of aliphatic hydroxyl groups excluding tert-OH is 1. The molecule has 19 heavy (non-hydrogen) atoms. The van der Waals surface area contributed by atoms with E-state index in [2.05, 4.69) is 0 Å². The van der Waals surface area contributed by atoms with E-state index in [1.807, 2.05) is 0 Å². The summed E-state index contributed by atoms with van der Waals surface area (Å²) in [5.41, 5.74) is -2.63. The first kappa shape index (κ1) is 14.2. The topological polar surface area (TPSA) is 20.2 Å². The van der Waals surface area contributed by atoms with Crippen LogP contribution in [0.4, 0.5) is 26.3 Å². The van der Waals surface area contributed by atoms with E-state index in [0.29, 0.717) is 0 Å². The van der Waals surface area contributed by atoms with Gasteiger partial charge >= 0.3 is 12.4 Å². The van der Waals surface area contributed by atoms with Crippen molar-refractivity contribution in [1.82, 2.24) is 0 Å². The largest absolute Gasteiger partial charge is 0.416 e. The molecular weight excluding hydrogens is 274 g/mol. The van der Waals surface area contributed by atoms with Gasteiger partial charge in [0, 0.05) is 0 Å². The second-order valence-electron chi connectivity index (χ2n) is 4.66. The van der Waals surface area contributed by atoms with E-state index < -0.39 is 35.5 Å². The van der Waals surface area contributed by atoms with Gasteiger partial charge in [-0.1, -0.05) is 0 Å². The van der Waals surface area contributed by atoms with Crippen LogP contribution in [0, 0.1) is 0 Å². The summed E-state index contributed by atoms with van der Waals surface area (Å²) in [5, 5.41) is 9.09. The number of hydrogen-bond donors (Lipinski definition) is 1. The van der Waals surface area contributed by atoms with Crippen molar-refractivity contribution in [3.8, 4) is 0 Å². The minimum absolute atomic E-state index is 0.0209. The number of hydrogen-bond acceptors (Lipinski definition) is 1. The third kappa shape index (κ3) is 3.02. The molecule has 0 spiro atoms. The van der Waals surface area contributed by atoms with E-state index >= 15 is 0 Å². The molecule has 1 saturated carbocycles. The van der Waals surface area contributed by atoms with Gasteiger partial charge in [0.2, 0.25) is 0 Å². The van der Waals surface area contributed by atoms with E-state index in [4.69, 9.17) is 5.11 Å². The highest BCUT2D eigenvalue weighted by Crippen LogP contribution is 2.42. The fraction of sp³-hybridized carbons (Fsp3) is 0.500. The number of aliphatic hydroxyl groups is 1. The number of halogens is 6. The fourth-order valence-electron chi connectivity index (χ4n) is 2.07. The van der Waals surface area contributed by atoms with Gasteiger partial charge in [-0.15, -0.1) is 0 Å². The molecule has 0 atom stereocenters. The van der Waals surface area contributed by atoms with Gasteiger partial charge in [-0.3, -0.25) is 0 Å². The summed E-state index contributed by atoms with van der Waals surface area (Å²) < 4.78 is 75.5. The highest BCUT2D eigenvalue weighted by molar-refractivity contribution is 5.36. The van der Waals surface area contributed by atoms with Crippen molar-refractivity contribution in [2.24, 2.45) is 0 Å². The molecule has 1 aromatic carbocycles. The molecule has 1 aliphatic carbocycles. The van der Waals surface area contributed by atoms with Crippen molar-refractivity contribution in [2.75, 3.05) is 0 Å². The molecule has 1 aromatic rings. The van der Waals surface area contributed by atoms with Crippen LogP contribution in [0.15, 0.2) is 18.2 Å². The van der Waals surface area contributed by atoms with Crippen molar-refractivity contribution >= 4 is 0 Å². The molecule has 7 heteroatoms. The SMILES string of the molecule is OC1CC(c2cc(C(F)(F)F)cc(C(F)(F)F)c2)C1. The summed E-state index contributed by atoms with van der Waals surface area (Å²) in [5.74, 6) is -0.446. The Morgan fingerprint density at radius 1 is 0.842 bits per heavy atom. The molecule has 0 aromatic heterocycles. The first-order chi connectivity index (χ1) is 8.57. The Hall–Kier alpha value is -1.24. The number of benzene rings is 1. The van der Waals surface area contributed by atoms with Crippen molar-refractivity contribution in [1.29, 1.82) is 0 Å². The molecule has 1 nitrogen and oxygen atoms in total. The average molecular weight is 284 g/mol. The van der Waals surface area contributed by atoms with Crippen LogP contribution in [0.3, 0.4) is 0 Å². The first-order valence-corrected chi connectivity index (χ1v) is 5.55. The van der Waals surface area contributed by atoms with Crippen LogP contribution in [-0.4, -0.2) is 11.2 Å². The Bertz CT molecular complexity index is 438. The highest BCUT2D eigenvalue weighted by atomic mass is 19.4. The molecule has 1 N–H and O–H groups in total. The zero-order valence-electron chi connectivity index (χ0n) is 9.52. The summed E-state index contributed by atoms with van der Waals surface area (Å²) in [4.78, 5) is 0. The zero-order valence-corrected chi connectivity index (χ0v) is 9.52. The third-order valence-corrected chi connectivity index (χ3v) is 3.19. The smallest absolute Gasteiger partial charge is 0.393 e. The lowest BCUT2D eigenvalue weighted by atomic mass is 9.77. The van der Waals surface area contributed by atoms with Crippen molar-refractivity contribution in [3.05, 3.63) is 34.9 Å². The van der Waals surface area contributed by atoms with Gasteiger partial charge in [0.15, 0.2) is 0 Å². The Balaban J connectivity index is 2.43. The van der Waals surface area contributed by atoms with Gasteiger partial charge in [-0.25, -0.2) is 0 Å². The molecule has 0 radical (unpaired) electrons. The zero-order chi connectivity index (χ0) is 14.4. The standard InChI is InChI=1S/C12H10F6O/c13-11(14,15)8-1-6(7-3-10(19)4-7)2-9(5-8)12(16,17)18/h1-2,5,7,10,19H,3-4H2. The van der Waals surface area contributed by atoms with E-state index in [1.165, 1.54) is 0 Å². The van der Waals surface area contributed by atoms with Crippen molar-refractivity contribution in [3.63, 3.8) is 0 Å². The quantitative estimate of drug-likeness (QED) is 0.774. The summed E-state index contributed by atoms with van der Waals surface area (Å²) >= 11 is 0. The lowest BCUT2D eigenvalue weighted by molar-refractivity contribution is -0.143. The Labute approximate surface area is 104 Å². The summed E-state index contributed by atoms with van der Waals surface area (Å²) in [6, 6.07) is 1.57. The molecule has 0 saturated heterocycles. The van der Waals surface area contributed by atoms with E-state index in [0.717, 1.165) is 12.1 Å². The van der Waals surface area contributed by atoms with E-state index in [9.17, 15) is 26.3 Å². The molecule has 0 bridgehead atoms. The number of alkyl halides is 6. The third-order valence-electron chi connectivity index (χ3n) is 3.19. The molecule has 106 valence electrons. The molecule has 0 aliphatic heterocycles. The minimum atomic E-state index is -4.82. The normalized spacial score (nSPS) is 24.2. The molecular formula is C12H10F6O. The highest BCUT2D eigenvalue weighted by Gasteiger charge is 2.38. The van der Waals surface area contributed by atoms with Crippen LogP contribution in [0.1, 0.15) is 35.4 Å². The monoisotopic (exact) mass is 284 g/mol. The minimum Gasteiger partial charge on any atom is -0.393 e. The van der Waals surface area contributed by atoms with Gasteiger partial charge in [-0.05, 0) is 42.5 Å². The van der Waals surface area contributed by atoms with E-state index in [1.54, 1.807) is 0 Å². The molecule has 1 fully saturated rings. The molecule has 1 aliphatic rings. The Morgan fingerprint density at radius 2 is 1.26 bits per heavy atom. The summed E-state index contributed by atoms with van der Waals surface area (Å²) in [6.07, 6.45) is -9.90. The van der Waals surface area contributed by atoms with Crippen molar-refractivity contribution < 1.29 is 31.4 Å². The van der Waals surface area contributed by atoms with Crippen LogP contribution in [0.5, 0.6) is 0 Å². The lowest BCUT2D eigenvalue weighted by Crippen LogP contribution is -2.27. The van der Waals surface area contributed by atoms with Crippen LogP contribution < -0.4 is 0 Å². The second kappa shape index (κ2) is 4.40. The van der Waals surface area contributed by atoms with Gasteiger partial charge in [0.1, 0.15) is 0 Å². The van der Waals surface area contributed by atoms with Gasteiger partial charge < -0.3 is 5.11 Å². The van der Waals surface area contributed by atoms with Gasteiger partial charge in [-0.2, -0.15) is 26.3 Å². The molecule has 0 amide bonds. The predicted octanol–water partition coefficient (Wildman–Crippen LogP) is 3.96. The maximum Gasteiger partial charge on any atom is 0.416 e. The predicted molar refractivity (Wildman–Crippen MR) is 54.4 cm³/mol. The lowest BCUT2D eigenvalue weighted by Gasteiger charge is -2.32. The van der Waals surface area contributed by atoms with Crippen LogP contribution >= 0.6 is 0 Å². The summed E-state index contributed by atoms with van der Waals surface area (Å²) in [6.45, 7) is 0. The van der Waals surface area contributed by atoms with Crippen LogP contribution in [0.2, 0.25) is 0 Å². The van der Waals surface area contributed by atoms with E-state index in [-0.39, 0.29) is 24.5 Å². The van der Waals surface area contributed by atoms with Crippen LogP contribution in [0.25, 0.3) is 0 Å². The molecule has 2 rings (SSSR count). The summed E-state index contributed by atoms with van der Waals surface area (Å²) in [7, 11) is 0. The first-order valence-electron chi connectivity index (χ1n) is 5.55. The van der Waals surface area contributed by atoms with Crippen molar-refractivity contribution in [2.45, 2.75) is 37.2 Å². The molecule has 0 heterocycles. The second-order valence-corrected chi connectivity index (χ2v) is 4.66. The maximum atomic E-state index is 12.6. The van der Waals surface area contributed by atoms with Crippen LogP contribution in [-0.2, 0) is 12.4 Å². The number of rotatable bonds is 1. The average Bonchev–Trinajstić information content (AvgIpc) is 2.22. The molecule has 0 unspecified atom stereocenters.